The van der Waals surface area contributed by atoms with Gasteiger partial charge in [-0.3, -0.25) is 4.79 Å². The maximum Gasteiger partial charge on any atom is 0.153 e. The maximum absolute atomic E-state index is 11.7. The molecule has 7 heteroatoms. The molecular weight excluding hydrogens is 450 g/mol. The van der Waals surface area contributed by atoms with Gasteiger partial charge in [-0.25, -0.2) is 4.98 Å². The number of aliphatic hydroxyl groups is 1. The number of fused-ring (bicyclic) bond motifs is 1. The summed E-state index contributed by atoms with van der Waals surface area (Å²) in [5, 5.41) is 14.5. The molecular formula is C27H26ClN3O3. The number of pyridine rings is 1. The molecule has 0 spiro atoms. The van der Waals surface area contributed by atoms with Crippen molar-refractivity contribution < 1.29 is 14.6 Å². The van der Waals surface area contributed by atoms with E-state index in [9.17, 15) is 9.90 Å². The van der Waals surface area contributed by atoms with E-state index in [2.05, 4.69) is 27.4 Å². The molecule has 3 atom stereocenters. The number of ether oxygens (including phenoxy) is 1. The fourth-order valence-corrected chi connectivity index (χ4v) is 5.14. The quantitative estimate of drug-likeness (QED) is 0.278. The first-order valence-electron chi connectivity index (χ1n) is 11.5. The predicted octanol–water partition coefficient (Wildman–Crippen LogP) is 6.18. The first-order chi connectivity index (χ1) is 16.7. The van der Waals surface area contributed by atoms with Crippen LogP contribution in [0.3, 0.4) is 0 Å². The lowest BCUT2D eigenvalue weighted by molar-refractivity contribution is 0.112. The van der Waals surface area contributed by atoms with Crippen LogP contribution in [0.5, 0.6) is 11.5 Å². The molecule has 34 heavy (non-hydrogen) atoms. The van der Waals surface area contributed by atoms with Crippen LogP contribution in [0.1, 0.15) is 41.1 Å². The second-order valence-corrected chi connectivity index (χ2v) is 9.13. The molecule has 0 aliphatic heterocycles. The van der Waals surface area contributed by atoms with E-state index in [0.717, 1.165) is 42.7 Å². The summed E-state index contributed by atoms with van der Waals surface area (Å²) in [5.41, 5.74) is 3.01. The third-order valence-electron chi connectivity index (χ3n) is 6.65. The van der Waals surface area contributed by atoms with Crippen molar-refractivity contribution in [3.05, 3.63) is 83.1 Å². The molecule has 4 aromatic rings. The summed E-state index contributed by atoms with van der Waals surface area (Å²) in [4.78, 5) is 19.0. The number of nitrogens with zero attached hydrogens (tertiary/aromatic N) is 1. The number of aromatic amines is 1. The summed E-state index contributed by atoms with van der Waals surface area (Å²) in [5.74, 6) is 2.02. The highest BCUT2D eigenvalue weighted by Crippen LogP contribution is 2.40. The van der Waals surface area contributed by atoms with Crippen LogP contribution in [0.4, 0.5) is 5.69 Å². The monoisotopic (exact) mass is 475 g/mol. The van der Waals surface area contributed by atoms with E-state index in [4.69, 9.17) is 16.3 Å². The molecule has 2 aromatic carbocycles. The predicted molar refractivity (Wildman–Crippen MR) is 134 cm³/mol. The highest BCUT2D eigenvalue weighted by Gasteiger charge is 2.32. The number of aliphatic hydroxyl groups excluding tert-OH is 1. The second-order valence-electron chi connectivity index (χ2n) is 8.76. The molecule has 1 saturated carbocycles. The van der Waals surface area contributed by atoms with Gasteiger partial charge in [-0.05, 0) is 61.1 Å². The zero-order valence-corrected chi connectivity index (χ0v) is 19.3. The maximum atomic E-state index is 11.7. The third-order valence-corrected chi connectivity index (χ3v) is 6.95. The van der Waals surface area contributed by atoms with Crippen molar-refractivity contribution in [1.82, 2.24) is 9.97 Å². The third kappa shape index (κ3) is 4.52. The zero-order valence-electron chi connectivity index (χ0n) is 18.6. The van der Waals surface area contributed by atoms with Crippen LogP contribution in [-0.2, 0) is 0 Å². The number of carbonyl (C=O) groups is 1. The summed E-state index contributed by atoms with van der Waals surface area (Å²) in [6.45, 7) is 0.181. The molecule has 0 radical (unpaired) electrons. The summed E-state index contributed by atoms with van der Waals surface area (Å²) < 4.78 is 5.95. The van der Waals surface area contributed by atoms with Gasteiger partial charge >= 0.3 is 0 Å². The van der Waals surface area contributed by atoms with Crippen molar-refractivity contribution in [2.75, 3.05) is 11.9 Å². The number of nitrogens with one attached hydrogen (secondary N) is 2. The van der Waals surface area contributed by atoms with Gasteiger partial charge in [0.15, 0.2) is 6.29 Å². The van der Waals surface area contributed by atoms with Crippen molar-refractivity contribution >= 4 is 34.6 Å². The van der Waals surface area contributed by atoms with Crippen molar-refractivity contribution in [1.29, 1.82) is 0 Å². The fourth-order valence-electron chi connectivity index (χ4n) is 4.91. The highest BCUT2D eigenvalue weighted by molar-refractivity contribution is 6.34. The number of aldehydes is 1. The Bertz CT molecular complexity index is 1270. The normalized spacial score (nSPS) is 20.2. The molecule has 1 fully saturated rings. The van der Waals surface area contributed by atoms with Crippen molar-refractivity contribution in [2.24, 2.45) is 5.92 Å². The highest BCUT2D eigenvalue weighted by atomic mass is 35.5. The van der Waals surface area contributed by atoms with Crippen molar-refractivity contribution in [3.63, 3.8) is 0 Å². The van der Waals surface area contributed by atoms with Crippen molar-refractivity contribution in [2.45, 2.75) is 31.2 Å². The average Bonchev–Trinajstić information content (AvgIpc) is 3.21. The number of carbonyl (C=O) groups excluding carboxylic acids is 1. The Hall–Kier alpha value is -3.35. The number of H-pyrrole nitrogens is 1. The molecule has 2 heterocycles. The Morgan fingerprint density at radius 2 is 1.85 bits per heavy atom. The standard InChI is InChI=1S/C27H26ClN3O3/c28-26-22(16-33)25-24(12-13-29-27(25)31-26)30-23-11-6-17(15-32)14-21(23)18-7-9-20(10-8-18)34-19-4-2-1-3-5-19/h1-5,7-10,12-13,16-17,21,23,32H,6,11,14-15H2,(H2,29,30,31)/t17-,21?,23-/m0/s1. The zero-order chi connectivity index (χ0) is 23.5. The summed E-state index contributed by atoms with van der Waals surface area (Å²) in [6, 6.07) is 19.9. The number of halogens is 1. The summed E-state index contributed by atoms with van der Waals surface area (Å²) >= 11 is 6.22. The Morgan fingerprint density at radius 3 is 2.59 bits per heavy atom. The van der Waals surface area contributed by atoms with Gasteiger partial charge in [-0.1, -0.05) is 41.9 Å². The molecule has 1 unspecified atom stereocenters. The van der Waals surface area contributed by atoms with Gasteiger partial charge in [-0.15, -0.1) is 0 Å². The molecule has 3 N–H and O–H groups in total. The lowest BCUT2D eigenvalue weighted by Gasteiger charge is -2.37. The van der Waals surface area contributed by atoms with E-state index in [-0.39, 0.29) is 24.5 Å². The van der Waals surface area contributed by atoms with Crippen LogP contribution in [-0.4, -0.2) is 34.0 Å². The minimum atomic E-state index is 0.127. The molecule has 174 valence electrons. The average molecular weight is 476 g/mol. The van der Waals surface area contributed by atoms with E-state index < -0.39 is 0 Å². The molecule has 0 saturated heterocycles. The van der Waals surface area contributed by atoms with E-state index in [1.165, 1.54) is 5.56 Å². The van der Waals surface area contributed by atoms with Gasteiger partial charge in [0.05, 0.1) is 10.9 Å². The number of anilines is 1. The van der Waals surface area contributed by atoms with Gasteiger partial charge in [0.25, 0.3) is 0 Å². The van der Waals surface area contributed by atoms with Crippen LogP contribution in [0, 0.1) is 5.92 Å². The number of rotatable bonds is 7. The van der Waals surface area contributed by atoms with Gasteiger partial charge in [0.1, 0.15) is 22.3 Å². The number of aromatic nitrogens is 2. The van der Waals surface area contributed by atoms with Gasteiger partial charge < -0.3 is 20.1 Å². The first-order valence-corrected chi connectivity index (χ1v) is 11.9. The topological polar surface area (TPSA) is 87.2 Å². The lowest BCUT2D eigenvalue weighted by atomic mass is 9.75. The molecule has 0 amide bonds. The number of hydrogen-bond acceptors (Lipinski definition) is 5. The van der Waals surface area contributed by atoms with Crippen LogP contribution >= 0.6 is 11.6 Å². The van der Waals surface area contributed by atoms with Gasteiger partial charge in [-0.2, -0.15) is 0 Å². The van der Waals surface area contributed by atoms with Crippen LogP contribution < -0.4 is 10.1 Å². The van der Waals surface area contributed by atoms with E-state index in [0.29, 0.717) is 21.7 Å². The van der Waals surface area contributed by atoms with Crippen LogP contribution in [0.15, 0.2) is 66.9 Å². The fraction of sp³-hybridized carbons (Fsp3) is 0.259. The largest absolute Gasteiger partial charge is 0.457 e. The summed E-state index contributed by atoms with van der Waals surface area (Å²) in [7, 11) is 0. The number of benzene rings is 2. The minimum Gasteiger partial charge on any atom is -0.457 e. The van der Waals surface area contributed by atoms with Crippen LogP contribution in [0.25, 0.3) is 11.0 Å². The molecule has 6 nitrogen and oxygen atoms in total. The Morgan fingerprint density at radius 1 is 1.09 bits per heavy atom. The molecule has 5 rings (SSSR count). The lowest BCUT2D eigenvalue weighted by Crippen LogP contribution is -2.35. The SMILES string of the molecule is O=Cc1c(Cl)[nH]c2nccc(N[C@H]3CC[C@H](CO)CC3c3ccc(Oc4ccccc4)cc3)c12. The molecule has 0 bridgehead atoms. The Balaban J connectivity index is 1.42. The number of para-hydroxylation sites is 1. The van der Waals surface area contributed by atoms with E-state index in [1.807, 2.05) is 48.5 Å². The summed E-state index contributed by atoms with van der Waals surface area (Å²) in [6.07, 6.45) is 5.17. The first kappa shape index (κ1) is 22.4. The van der Waals surface area contributed by atoms with Gasteiger partial charge in [0.2, 0.25) is 0 Å². The van der Waals surface area contributed by atoms with E-state index >= 15 is 0 Å². The second kappa shape index (κ2) is 9.87. The van der Waals surface area contributed by atoms with Crippen LogP contribution in [0.2, 0.25) is 5.15 Å². The number of hydrogen-bond donors (Lipinski definition) is 3. The smallest absolute Gasteiger partial charge is 0.153 e. The molecule has 2 aromatic heterocycles. The van der Waals surface area contributed by atoms with Crippen molar-refractivity contribution in [3.8, 4) is 11.5 Å². The Labute approximate surface area is 202 Å². The molecule has 1 aliphatic rings. The minimum absolute atomic E-state index is 0.127. The van der Waals surface area contributed by atoms with E-state index in [1.54, 1.807) is 6.20 Å². The molecule has 1 aliphatic carbocycles. The Kier molecular flexibility index (Phi) is 6.52. The van der Waals surface area contributed by atoms with Gasteiger partial charge in [0, 0.05) is 30.5 Å².